The molecule has 0 amide bonds. The molecule has 1 aliphatic rings. The minimum atomic E-state index is -1.58. The maximum Gasteiger partial charge on any atom is 0.184 e. The van der Waals surface area contributed by atoms with Gasteiger partial charge in [0.2, 0.25) is 0 Å². The largest absolute Gasteiger partial charge is 0.361 e. The third kappa shape index (κ3) is 7.84. The van der Waals surface area contributed by atoms with Crippen LogP contribution in [-0.4, -0.2) is 70.1 Å². The highest BCUT2D eigenvalue weighted by molar-refractivity contribution is 6.83. The molecule has 0 aliphatic carbocycles. The number of nitrogens with zero attached hydrogens (tertiary/aromatic N) is 10. The van der Waals surface area contributed by atoms with Crippen LogP contribution in [0.2, 0.25) is 45.3 Å². The Kier molecular flexibility index (Phi) is 9.49. The van der Waals surface area contributed by atoms with Crippen molar-refractivity contribution in [1.82, 2.24) is 34.3 Å². The first kappa shape index (κ1) is 32.0. The maximum absolute atomic E-state index is 9.85. The van der Waals surface area contributed by atoms with Gasteiger partial charge >= 0.3 is 0 Å². The van der Waals surface area contributed by atoms with Gasteiger partial charge in [0.05, 0.1) is 36.6 Å². The smallest absolute Gasteiger partial charge is 0.184 e. The van der Waals surface area contributed by atoms with E-state index in [0.717, 1.165) is 41.4 Å². The van der Waals surface area contributed by atoms with Gasteiger partial charge in [-0.25, -0.2) is 19.9 Å². The van der Waals surface area contributed by atoms with Gasteiger partial charge in [0.15, 0.2) is 11.5 Å². The van der Waals surface area contributed by atoms with Crippen LogP contribution in [0.1, 0.15) is 30.3 Å². The molecule has 5 heterocycles. The van der Waals surface area contributed by atoms with Crippen molar-refractivity contribution in [2.45, 2.75) is 70.9 Å². The van der Waals surface area contributed by atoms with Gasteiger partial charge in [0, 0.05) is 57.0 Å². The van der Waals surface area contributed by atoms with Gasteiger partial charge in [-0.2, -0.15) is 15.6 Å². The molecule has 4 aromatic rings. The number of hydrogen-bond acceptors (Lipinski definition) is 9. The van der Waals surface area contributed by atoms with E-state index in [1.165, 1.54) is 0 Å². The molecule has 1 fully saturated rings. The summed E-state index contributed by atoms with van der Waals surface area (Å²) < 4.78 is 9.86. The molecule has 5 rings (SSSR count). The highest BCUT2D eigenvalue weighted by Crippen LogP contribution is 2.34. The van der Waals surface area contributed by atoms with Crippen molar-refractivity contribution >= 4 is 33.0 Å². The summed E-state index contributed by atoms with van der Waals surface area (Å²) in [5.74, 6) is 3.79. The molecule has 0 aromatic carbocycles. The summed E-state index contributed by atoms with van der Waals surface area (Å²) in [7, 11) is -2.74. The van der Waals surface area contributed by atoms with Crippen LogP contribution in [0.4, 0.5) is 5.82 Å². The monoisotopic (exact) mass is 636 g/mol. The average Bonchev–Trinajstić information content (AvgIpc) is 3.76. The van der Waals surface area contributed by atoms with Crippen LogP contribution in [0, 0.1) is 40.0 Å². The Balaban J connectivity index is 1.32. The zero-order valence-corrected chi connectivity index (χ0v) is 28.9. The van der Waals surface area contributed by atoms with Gasteiger partial charge in [-0.1, -0.05) is 45.2 Å². The van der Waals surface area contributed by atoms with Gasteiger partial charge < -0.3 is 14.2 Å². The molecule has 0 unspecified atom stereocenters. The quantitative estimate of drug-likeness (QED) is 0.126. The van der Waals surface area contributed by atoms with Crippen LogP contribution < -0.4 is 4.90 Å². The summed E-state index contributed by atoms with van der Waals surface area (Å²) >= 11 is 0. The van der Waals surface area contributed by atoms with E-state index in [9.17, 15) is 10.5 Å². The Labute approximate surface area is 266 Å². The van der Waals surface area contributed by atoms with E-state index in [0.29, 0.717) is 37.8 Å². The number of ether oxygens (including phenoxy) is 1. The molecule has 45 heavy (non-hydrogen) atoms. The third-order valence-corrected chi connectivity index (χ3v) is 10.4. The molecule has 1 saturated heterocycles. The van der Waals surface area contributed by atoms with Crippen molar-refractivity contribution in [2.24, 2.45) is 5.92 Å². The van der Waals surface area contributed by atoms with E-state index in [-0.39, 0.29) is 17.7 Å². The lowest BCUT2D eigenvalue weighted by Gasteiger charge is -2.23. The number of hydrogen-bond donors (Lipinski definition) is 0. The van der Waals surface area contributed by atoms with Crippen molar-refractivity contribution in [2.75, 3.05) is 24.6 Å². The Bertz CT molecular complexity index is 1810. The molecule has 0 radical (unpaired) electrons. The minimum Gasteiger partial charge on any atom is -0.361 e. The summed E-state index contributed by atoms with van der Waals surface area (Å²) in [6.07, 6.45) is 10.1. The fourth-order valence-corrected chi connectivity index (χ4v) is 6.65. The third-order valence-electron chi connectivity index (χ3n) is 7.79. The molecule has 13 heteroatoms. The van der Waals surface area contributed by atoms with Crippen LogP contribution in [0.5, 0.6) is 0 Å². The molecule has 0 saturated carbocycles. The zero-order valence-electron chi connectivity index (χ0n) is 26.9. The average molecular weight is 637 g/mol. The van der Waals surface area contributed by atoms with Crippen molar-refractivity contribution in [3.05, 3.63) is 48.6 Å². The minimum absolute atomic E-state index is 0.136. The van der Waals surface area contributed by atoms with Crippen LogP contribution in [0.3, 0.4) is 0 Å². The molecule has 0 N–H and O–H groups in total. The van der Waals surface area contributed by atoms with Crippen molar-refractivity contribution in [3.63, 3.8) is 0 Å². The van der Waals surface area contributed by atoms with Gasteiger partial charge in [-0.05, 0) is 18.5 Å². The standard InChI is InChI=1S/C32H40N10OSi2/c1-44(2,3)15-10-26-19-35-32(28(17-34)39-26)40-12-8-24(20-40)29(7-11-33)42-21-25(18-38-42)30-27-9-13-41(31(27)37-22-36-30)23-43-14-16-45(4,5)6/h9,13,18-19,21-22,24,29H,7-8,12,14,16,20,23H2,1-6H3/t24-,29-/m0/s1. The fourth-order valence-electron chi connectivity index (χ4n) is 5.39. The van der Waals surface area contributed by atoms with E-state index < -0.39 is 16.1 Å². The lowest BCUT2D eigenvalue weighted by molar-refractivity contribution is 0.0899. The second-order valence-corrected chi connectivity index (χ2v) is 24.1. The highest BCUT2D eigenvalue weighted by Gasteiger charge is 2.33. The fraction of sp³-hybridized carbons (Fsp3) is 0.469. The van der Waals surface area contributed by atoms with Gasteiger partial charge in [0.1, 0.15) is 38.5 Å². The highest BCUT2D eigenvalue weighted by atomic mass is 28.3. The van der Waals surface area contributed by atoms with E-state index in [2.05, 4.69) is 87.7 Å². The summed E-state index contributed by atoms with van der Waals surface area (Å²) in [5.41, 5.74) is 6.55. The zero-order chi connectivity index (χ0) is 32.2. The van der Waals surface area contributed by atoms with Crippen molar-refractivity contribution in [3.8, 4) is 34.9 Å². The Hall–Kier alpha value is -4.36. The van der Waals surface area contributed by atoms with Crippen LogP contribution in [-0.2, 0) is 11.5 Å². The Morgan fingerprint density at radius 2 is 1.91 bits per heavy atom. The van der Waals surface area contributed by atoms with Crippen molar-refractivity contribution < 1.29 is 4.74 Å². The van der Waals surface area contributed by atoms with E-state index >= 15 is 0 Å². The van der Waals surface area contributed by atoms with E-state index in [1.54, 1.807) is 18.7 Å². The second-order valence-electron chi connectivity index (χ2n) is 13.8. The van der Waals surface area contributed by atoms with Crippen LogP contribution >= 0.6 is 0 Å². The summed E-state index contributed by atoms with van der Waals surface area (Å²) in [6.45, 7) is 16.0. The lowest BCUT2D eigenvalue weighted by Crippen LogP contribution is -2.26. The molecule has 11 nitrogen and oxygen atoms in total. The maximum atomic E-state index is 9.85. The molecule has 0 spiro atoms. The normalized spacial score (nSPS) is 15.8. The van der Waals surface area contributed by atoms with E-state index in [4.69, 9.17) is 9.84 Å². The molecule has 2 atom stereocenters. The number of anilines is 1. The Morgan fingerprint density at radius 1 is 1.09 bits per heavy atom. The van der Waals surface area contributed by atoms with Crippen molar-refractivity contribution in [1.29, 1.82) is 10.5 Å². The molecule has 232 valence electrons. The SMILES string of the molecule is C[Si](C)(C)C#Cc1cnc(N2CC[C@H]([C@H](CC#N)n3cc(-c4ncnc5c4ccn5COCC[Si](C)(C)C)cn3)C2)c(C#N)n1. The lowest BCUT2D eigenvalue weighted by atomic mass is 9.96. The summed E-state index contributed by atoms with van der Waals surface area (Å²) in [6, 6.07) is 7.55. The Morgan fingerprint density at radius 3 is 2.64 bits per heavy atom. The molecule has 4 aromatic heterocycles. The number of nitriles is 2. The topological polar surface area (TPSA) is 134 Å². The van der Waals surface area contributed by atoms with Gasteiger partial charge in [0.25, 0.3) is 0 Å². The predicted octanol–water partition coefficient (Wildman–Crippen LogP) is 5.48. The van der Waals surface area contributed by atoms with E-state index in [1.807, 2.05) is 27.7 Å². The summed E-state index contributed by atoms with van der Waals surface area (Å²) in [4.78, 5) is 20.3. The van der Waals surface area contributed by atoms with Crippen LogP contribution in [0.25, 0.3) is 22.3 Å². The molecular weight excluding hydrogens is 597 g/mol. The predicted molar refractivity (Wildman–Crippen MR) is 179 cm³/mol. The first-order chi connectivity index (χ1) is 21.5. The molecule has 1 aliphatic heterocycles. The van der Waals surface area contributed by atoms with Crippen LogP contribution in [0.15, 0.2) is 37.2 Å². The molecular formula is C32H40N10OSi2. The van der Waals surface area contributed by atoms with Gasteiger partial charge in [-0.15, -0.1) is 5.54 Å². The second kappa shape index (κ2) is 13.3. The molecule has 0 bridgehead atoms. The number of rotatable bonds is 10. The number of fused-ring (bicyclic) bond motifs is 1. The first-order valence-corrected chi connectivity index (χ1v) is 22.5. The van der Waals surface area contributed by atoms with Gasteiger partial charge in [-0.3, -0.25) is 4.68 Å². The first-order valence-electron chi connectivity index (χ1n) is 15.3. The summed E-state index contributed by atoms with van der Waals surface area (Å²) in [5, 5.41) is 25.2. The number of aromatic nitrogens is 7.